The Labute approximate surface area is 231 Å². The molecule has 2 aromatic carbocycles. The van der Waals surface area contributed by atoms with Crippen LogP contribution < -0.4 is 15.5 Å². The molecular formula is C25H30ClN7O5S. The molecule has 2 heterocycles. The first-order valence-corrected chi connectivity index (χ1v) is 14.3. The molecule has 208 valence electrons. The highest BCUT2D eigenvalue weighted by Gasteiger charge is 2.26. The summed E-state index contributed by atoms with van der Waals surface area (Å²) in [7, 11) is -3.60. The largest absolute Gasteiger partial charge is 0.506 e. The van der Waals surface area contributed by atoms with Gasteiger partial charge in [-0.1, -0.05) is 30.7 Å². The zero-order chi connectivity index (χ0) is 28.3. The number of aromatic hydroxyl groups is 1. The van der Waals surface area contributed by atoms with Crippen molar-refractivity contribution in [2.45, 2.75) is 30.9 Å². The number of aromatic nitrogens is 2. The summed E-state index contributed by atoms with van der Waals surface area (Å²) >= 11 is 6.29. The van der Waals surface area contributed by atoms with Crippen molar-refractivity contribution in [2.75, 3.05) is 48.3 Å². The number of phenolic OH excluding ortho intramolecular Hbond substituents is 1. The van der Waals surface area contributed by atoms with Gasteiger partial charge in [0, 0.05) is 38.3 Å². The lowest BCUT2D eigenvalue weighted by molar-refractivity contribution is -0.384. The number of sulfone groups is 1. The molecule has 1 aliphatic rings. The maximum Gasteiger partial charge on any atom is 0.294 e. The molecule has 0 saturated carbocycles. The van der Waals surface area contributed by atoms with E-state index >= 15 is 0 Å². The van der Waals surface area contributed by atoms with E-state index in [1.807, 2.05) is 4.90 Å². The van der Waals surface area contributed by atoms with E-state index in [2.05, 4.69) is 32.4 Å². The van der Waals surface area contributed by atoms with Gasteiger partial charge in [0.05, 0.1) is 32.6 Å². The number of anilines is 5. The summed E-state index contributed by atoms with van der Waals surface area (Å²) in [5.41, 5.74) is 0.485. The molecule has 0 atom stereocenters. The zero-order valence-corrected chi connectivity index (χ0v) is 23.3. The lowest BCUT2D eigenvalue weighted by Gasteiger charge is -2.35. The van der Waals surface area contributed by atoms with Crippen molar-refractivity contribution in [3.63, 3.8) is 0 Å². The van der Waals surface area contributed by atoms with Gasteiger partial charge in [-0.3, -0.25) is 10.1 Å². The number of phenols is 1. The summed E-state index contributed by atoms with van der Waals surface area (Å²) in [5, 5.41) is 27.9. The minimum atomic E-state index is -3.60. The van der Waals surface area contributed by atoms with Gasteiger partial charge in [-0.2, -0.15) is 4.98 Å². The van der Waals surface area contributed by atoms with Crippen LogP contribution in [-0.2, 0) is 9.84 Å². The van der Waals surface area contributed by atoms with Crippen LogP contribution in [0.2, 0.25) is 5.02 Å². The number of halogens is 1. The molecule has 1 saturated heterocycles. The van der Waals surface area contributed by atoms with Crippen molar-refractivity contribution in [1.29, 1.82) is 0 Å². The summed E-state index contributed by atoms with van der Waals surface area (Å²) in [6.45, 7) is 8.89. The molecule has 0 bridgehead atoms. The second kappa shape index (κ2) is 11.6. The van der Waals surface area contributed by atoms with Crippen molar-refractivity contribution in [3.05, 3.63) is 57.7 Å². The lowest BCUT2D eigenvalue weighted by Crippen LogP contribution is -2.46. The van der Waals surface area contributed by atoms with Crippen molar-refractivity contribution >= 4 is 56.0 Å². The quantitative estimate of drug-likeness (QED) is 0.187. The predicted molar refractivity (Wildman–Crippen MR) is 151 cm³/mol. The van der Waals surface area contributed by atoms with Crippen LogP contribution >= 0.6 is 11.6 Å². The molecule has 0 spiro atoms. The number of likely N-dealkylation sites (N-methyl/N-ethyl adjacent to an activating group) is 1. The Kier molecular flexibility index (Phi) is 8.42. The van der Waals surface area contributed by atoms with Crippen molar-refractivity contribution in [1.82, 2.24) is 14.9 Å². The first-order chi connectivity index (χ1) is 18.5. The summed E-state index contributed by atoms with van der Waals surface area (Å²) in [6, 6.07) is 8.99. The average Bonchev–Trinajstić information content (AvgIpc) is 2.91. The molecule has 14 heteroatoms. The molecule has 3 N–H and O–H groups in total. The maximum atomic E-state index is 12.8. The fourth-order valence-corrected chi connectivity index (χ4v) is 5.55. The SMILES string of the molecule is CCN1CCN(c2cc(O)c(Nc3ncc(Cl)c(Nc4ccccc4S(=O)(=O)C(C)C)n3)cc2[N+](=O)[O-])CC1. The number of benzene rings is 2. The average molecular weight is 576 g/mol. The fourth-order valence-electron chi connectivity index (χ4n) is 4.21. The molecule has 4 rings (SSSR count). The number of nitrogens with zero attached hydrogens (tertiary/aromatic N) is 5. The highest BCUT2D eigenvalue weighted by molar-refractivity contribution is 7.92. The summed E-state index contributed by atoms with van der Waals surface area (Å²) in [5.74, 6) is -0.116. The molecule has 0 unspecified atom stereocenters. The second-order valence-corrected chi connectivity index (χ2v) is 12.1. The summed E-state index contributed by atoms with van der Waals surface area (Å²) < 4.78 is 25.7. The van der Waals surface area contributed by atoms with Crippen LogP contribution in [0.25, 0.3) is 0 Å². The van der Waals surface area contributed by atoms with Crippen LogP contribution in [0.1, 0.15) is 20.8 Å². The number of nitro benzene ring substituents is 1. The van der Waals surface area contributed by atoms with Gasteiger partial charge in [-0.25, -0.2) is 13.4 Å². The predicted octanol–water partition coefficient (Wildman–Crippen LogP) is 4.56. The molecule has 1 aromatic heterocycles. The van der Waals surface area contributed by atoms with Gasteiger partial charge < -0.3 is 25.5 Å². The van der Waals surface area contributed by atoms with E-state index in [4.69, 9.17) is 11.6 Å². The molecule has 12 nitrogen and oxygen atoms in total. The monoisotopic (exact) mass is 575 g/mol. The van der Waals surface area contributed by atoms with Gasteiger partial charge >= 0.3 is 0 Å². The van der Waals surface area contributed by atoms with Gasteiger partial charge in [0.2, 0.25) is 5.95 Å². The Morgan fingerprint density at radius 2 is 1.82 bits per heavy atom. The van der Waals surface area contributed by atoms with Gasteiger partial charge in [-0.05, 0) is 32.5 Å². The first-order valence-electron chi connectivity index (χ1n) is 12.4. The minimum absolute atomic E-state index is 0.0139. The van der Waals surface area contributed by atoms with Crippen LogP contribution in [-0.4, -0.2) is 71.3 Å². The Morgan fingerprint density at radius 1 is 1.13 bits per heavy atom. The van der Waals surface area contributed by atoms with E-state index in [0.29, 0.717) is 18.8 Å². The fraction of sp³-hybridized carbons (Fsp3) is 0.360. The molecule has 39 heavy (non-hydrogen) atoms. The number of rotatable bonds is 9. The molecule has 0 amide bonds. The van der Waals surface area contributed by atoms with Crippen LogP contribution in [0.15, 0.2) is 47.5 Å². The maximum absolute atomic E-state index is 12.8. The van der Waals surface area contributed by atoms with Crippen LogP contribution in [0.4, 0.5) is 34.5 Å². The van der Waals surface area contributed by atoms with E-state index in [1.54, 1.807) is 32.0 Å². The second-order valence-electron chi connectivity index (χ2n) is 9.27. The number of nitro groups is 1. The third-order valence-electron chi connectivity index (χ3n) is 6.51. The molecule has 0 aliphatic carbocycles. The van der Waals surface area contributed by atoms with E-state index in [9.17, 15) is 23.6 Å². The van der Waals surface area contributed by atoms with E-state index in [0.717, 1.165) is 19.6 Å². The number of hydrogen-bond donors (Lipinski definition) is 3. The highest BCUT2D eigenvalue weighted by Crippen LogP contribution is 2.39. The Morgan fingerprint density at radius 3 is 2.46 bits per heavy atom. The topological polar surface area (TPSA) is 154 Å². The highest BCUT2D eigenvalue weighted by atomic mass is 35.5. The van der Waals surface area contributed by atoms with Crippen LogP contribution in [0.3, 0.4) is 0 Å². The van der Waals surface area contributed by atoms with E-state index < -0.39 is 20.0 Å². The van der Waals surface area contributed by atoms with Gasteiger partial charge in [0.15, 0.2) is 15.7 Å². The zero-order valence-electron chi connectivity index (χ0n) is 21.8. The molecule has 1 aliphatic heterocycles. The normalized spacial score (nSPS) is 14.4. The summed E-state index contributed by atoms with van der Waals surface area (Å²) in [6.07, 6.45) is 1.30. The molecule has 0 radical (unpaired) electrons. The summed E-state index contributed by atoms with van der Waals surface area (Å²) in [4.78, 5) is 24.1. The van der Waals surface area contributed by atoms with Crippen molar-refractivity contribution in [2.24, 2.45) is 0 Å². The van der Waals surface area contributed by atoms with Crippen molar-refractivity contribution in [3.8, 4) is 5.75 Å². The molecular weight excluding hydrogens is 546 g/mol. The number of piperazine rings is 1. The Bertz CT molecular complexity index is 1480. The molecule has 1 fully saturated rings. The van der Waals surface area contributed by atoms with Gasteiger partial charge in [-0.15, -0.1) is 0 Å². The lowest BCUT2D eigenvalue weighted by atomic mass is 10.1. The molecule has 3 aromatic rings. The third kappa shape index (κ3) is 6.15. The van der Waals surface area contributed by atoms with Crippen LogP contribution in [0.5, 0.6) is 5.75 Å². The van der Waals surface area contributed by atoms with E-state index in [1.165, 1.54) is 24.4 Å². The number of para-hydroxylation sites is 1. The smallest absolute Gasteiger partial charge is 0.294 e. The third-order valence-corrected chi connectivity index (χ3v) is 8.99. The van der Waals surface area contributed by atoms with Crippen molar-refractivity contribution < 1.29 is 18.4 Å². The van der Waals surface area contributed by atoms with E-state index in [-0.39, 0.29) is 44.5 Å². The first kappa shape index (κ1) is 28.3. The minimum Gasteiger partial charge on any atom is -0.506 e. The van der Waals surface area contributed by atoms with Crippen LogP contribution in [0, 0.1) is 10.1 Å². The van der Waals surface area contributed by atoms with Gasteiger partial charge in [0.25, 0.3) is 5.69 Å². The van der Waals surface area contributed by atoms with Gasteiger partial charge in [0.1, 0.15) is 16.5 Å². The Balaban J connectivity index is 1.63. The number of nitrogens with one attached hydrogen (secondary N) is 2. The Hall–Kier alpha value is -3.68. The standard InChI is InChI=1S/C25H30ClN7O5S/c1-4-31-9-11-32(12-10-31)20-14-22(34)19(13-21(20)33(35)36)29-25-27-15-17(26)24(30-25)28-18-7-5-6-8-23(18)39(37,38)16(2)3/h5-8,13-16,34H,4,9-12H2,1-3H3,(H2,27,28,29,30). The number of hydrogen-bond acceptors (Lipinski definition) is 11.